The largest absolute Gasteiger partial charge is 0.496 e. The maximum absolute atomic E-state index is 5.40. The van der Waals surface area contributed by atoms with Crippen LogP contribution in [0.25, 0.3) is 12.2 Å². The number of allylic oxidation sites excluding steroid dienone is 2. The second-order valence-corrected chi connectivity index (χ2v) is 5.16. The zero-order valence-electron chi connectivity index (χ0n) is 13.1. The van der Waals surface area contributed by atoms with E-state index in [-0.39, 0.29) is 0 Å². The molecule has 0 bridgehead atoms. The van der Waals surface area contributed by atoms with Crippen molar-refractivity contribution in [2.24, 2.45) is 0 Å². The third kappa shape index (κ3) is 4.06. The SMILES string of the molecule is COc1c(C)cc(/C=C(C)/C=C/c2ccccn2)cc1C. The predicted octanol–water partition coefficient (Wildman–Crippen LogP) is 4.82. The normalized spacial score (nSPS) is 11.9. The first kappa shape index (κ1) is 15.0. The number of benzene rings is 1. The molecule has 0 atom stereocenters. The van der Waals surface area contributed by atoms with Crippen LogP contribution in [-0.2, 0) is 0 Å². The predicted molar refractivity (Wildman–Crippen MR) is 89.4 cm³/mol. The molecule has 0 saturated carbocycles. The number of rotatable bonds is 4. The Balaban J connectivity index is 2.21. The maximum Gasteiger partial charge on any atom is 0.124 e. The molecule has 1 aromatic heterocycles. The van der Waals surface area contributed by atoms with E-state index in [1.165, 1.54) is 11.1 Å². The minimum absolute atomic E-state index is 0.965. The minimum Gasteiger partial charge on any atom is -0.496 e. The van der Waals surface area contributed by atoms with Crippen LogP contribution < -0.4 is 4.74 Å². The molecule has 0 aliphatic heterocycles. The summed E-state index contributed by atoms with van der Waals surface area (Å²) in [6.07, 6.45) is 8.07. The van der Waals surface area contributed by atoms with Crippen molar-refractivity contribution in [3.63, 3.8) is 0 Å². The third-order valence-electron chi connectivity index (χ3n) is 3.29. The Labute approximate surface area is 126 Å². The minimum atomic E-state index is 0.965. The standard InChI is InChI=1S/C19H21NO/c1-14(8-9-18-7-5-6-10-20-18)11-17-12-15(2)19(21-4)16(3)13-17/h5-13H,1-4H3/b9-8+,14-11+. The molecule has 0 saturated heterocycles. The van der Waals surface area contributed by atoms with Gasteiger partial charge in [0.15, 0.2) is 0 Å². The molecule has 1 heterocycles. The number of aromatic nitrogens is 1. The second kappa shape index (κ2) is 6.89. The van der Waals surface area contributed by atoms with E-state index in [1.54, 1.807) is 13.3 Å². The monoisotopic (exact) mass is 279 g/mol. The van der Waals surface area contributed by atoms with Crippen LogP contribution in [0.2, 0.25) is 0 Å². The van der Waals surface area contributed by atoms with E-state index in [0.29, 0.717) is 0 Å². The number of nitrogens with zero attached hydrogens (tertiary/aromatic N) is 1. The maximum atomic E-state index is 5.40. The summed E-state index contributed by atoms with van der Waals surface area (Å²) in [5, 5.41) is 0. The Hall–Kier alpha value is -2.35. The molecule has 1 aromatic carbocycles. The van der Waals surface area contributed by atoms with Crippen molar-refractivity contribution in [3.8, 4) is 5.75 Å². The van der Waals surface area contributed by atoms with Crippen molar-refractivity contribution in [1.82, 2.24) is 4.98 Å². The van der Waals surface area contributed by atoms with Gasteiger partial charge in [-0.1, -0.05) is 23.8 Å². The summed E-state index contributed by atoms with van der Waals surface area (Å²) in [4.78, 5) is 4.28. The van der Waals surface area contributed by atoms with Gasteiger partial charge < -0.3 is 4.74 Å². The van der Waals surface area contributed by atoms with Crippen molar-refractivity contribution in [1.29, 1.82) is 0 Å². The molecular weight excluding hydrogens is 258 g/mol. The van der Waals surface area contributed by atoms with Crippen LogP contribution in [0.15, 0.2) is 48.2 Å². The molecule has 0 fully saturated rings. The highest BCUT2D eigenvalue weighted by atomic mass is 16.5. The molecule has 0 N–H and O–H groups in total. The van der Waals surface area contributed by atoms with Gasteiger partial charge in [0.25, 0.3) is 0 Å². The number of hydrogen-bond donors (Lipinski definition) is 0. The summed E-state index contributed by atoms with van der Waals surface area (Å²) >= 11 is 0. The van der Waals surface area contributed by atoms with Gasteiger partial charge in [-0.3, -0.25) is 4.98 Å². The smallest absolute Gasteiger partial charge is 0.124 e. The van der Waals surface area contributed by atoms with Gasteiger partial charge in [0.1, 0.15) is 5.75 Å². The van der Waals surface area contributed by atoms with Gasteiger partial charge in [-0.15, -0.1) is 0 Å². The van der Waals surface area contributed by atoms with Gasteiger partial charge >= 0.3 is 0 Å². The Kier molecular flexibility index (Phi) is 4.94. The zero-order valence-corrected chi connectivity index (χ0v) is 13.1. The van der Waals surface area contributed by atoms with Gasteiger partial charge in [0.2, 0.25) is 0 Å². The lowest BCUT2D eigenvalue weighted by Crippen LogP contribution is -1.92. The third-order valence-corrected chi connectivity index (χ3v) is 3.29. The lowest BCUT2D eigenvalue weighted by molar-refractivity contribution is 0.408. The van der Waals surface area contributed by atoms with Crippen LogP contribution in [0.4, 0.5) is 0 Å². The summed E-state index contributed by atoms with van der Waals surface area (Å²) in [6.45, 7) is 6.23. The lowest BCUT2D eigenvalue weighted by Gasteiger charge is -2.09. The van der Waals surface area contributed by atoms with E-state index in [9.17, 15) is 0 Å². The van der Waals surface area contributed by atoms with Crippen LogP contribution in [-0.4, -0.2) is 12.1 Å². The Morgan fingerprint density at radius 1 is 1.14 bits per heavy atom. The fraction of sp³-hybridized carbons (Fsp3) is 0.211. The van der Waals surface area contributed by atoms with Crippen LogP contribution in [0, 0.1) is 13.8 Å². The molecule has 2 aromatic rings. The van der Waals surface area contributed by atoms with Crippen LogP contribution >= 0.6 is 0 Å². The molecule has 21 heavy (non-hydrogen) atoms. The van der Waals surface area contributed by atoms with E-state index >= 15 is 0 Å². The van der Waals surface area contributed by atoms with Gasteiger partial charge in [0.05, 0.1) is 12.8 Å². The molecule has 0 radical (unpaired) electrons. The first-order valence-electron chi connectivity index (χ1n) is 7.03. The Bertz CT molecular complexity index is 646. The van der Waals surface area contributed by atoms with Gasteiger partial charge in [-0.25, -0.2) is 0 Å². The quantitative estimate of drug-likeness (QED) is 0.748. The highest BCUT2D eigenvalue weighted by molar-refractivity contribution is 5.62. The van der Waals surface area contributed by atoms with Crippen molar-refractivity contribution >= 4 is 12.2 Å². The fourth-order valence-corrected chi connectivity index (χ4v) is 2.39. The van der Waals surface area contributed by atoms with Crippen LogP contribution in [0.3, 0.4) is 0 Å². The summed E-state index contributed by atoms with van der Waals surface area (Å²) in [5.74, 6) is 0.967. The highest BCUT2D eigenvalue weighted by Gasteiger charge is 2.03. The Morgan fingerprint density at radius 3 is 2.43 bits per heavy atom. The molecule has 2 rings (SSSR count). The highest BCUT2D eigenvalue weighted by Crippen LogP contribution is 2.25. The molecule has 2 heteroatoms. The van der Waals surface area contributed by atoms with E-state index < -0.39 is 0 Å². The first-order valence-corrected chi connectivity index (χ1v) is 7.03. The van der Waals surface area contributed by atoms with E-state index in [2.05, 4.69) is 50.0 Å². The van der Waals surface area contributed by atoms with Crippen LogP contribution in [0.1, 0.15) is 29.3 Å². The number of aryl methyl sites for hydroxylation is 2. The Morgan fingerprint density at radius 2 is 1.86 bits per heavy atom. The summed E-state index contributed by atoms with van der Waals surface area (Å²) in [7, 11) is 1.71. The second-order valence-electron chi connectivity index (χ2n) is 5.16. The summed E-state index contributed by atoms with van der Waals surface area (Å²) in [6, 6.07) is 10.2. The average molecular weight is 279 g/mol. The fourth-order valence-electron chi connectivity index (χ4n) is 2.39. The van der Waals surface area contributed by atoms with E-state index in [1.807, 2.05) is 24.3 Å². The zero-order chi connectivity index (χ0) is 15.2. The number of ether oxygens (including phenoxy) is 1. The van der Waals surface area contributed by atoms with E-state index in [0.717, 1.165) is 22.6 Å². The lowest BCUT2D eigenvalue weighted by atomic mass is 10.0. The number of pyridine rings is 1. The van der Waals surface area contributed by atoms with Crippen molar-refractivity contribution in [3.05, 3.63) is 70.6 Å². The molecule has 0 unspecified atom stereocenters. The van der Waals surface area contributed by atoms with E-state index in [4.69, 9.17) is 4.74 Å². The number of hydrogen-bond acceptors (Lipinski definition) is 2. The molecule has 0 aliphatic carbocycles. The summed E-state index contributed by atoms with van der Waals surface area (Å²) in [5.41, 5.74) is 5.65. The number of methoxy groups -OCH3 is 1. The van der Waals surface area contributed by atoms with Gasteiger partial charge in [-0.2, -0.15) is 0 Å². The molecule has 108 valence electrons. The topological polar surface area (TPSA) is 22.1 Å². The van der Waals surface area contributed by atoms with Gasteiger partial charge in [0, 0.05) is 6.20 Å². The summed E-state index contributed by atoms with van der Waals surface area (Å²) < 4.78 is 5.40. The molecule has 0 spiro atoms. The van der Waals surface area contributed by atoms with Gasteiger partial charge in [-0.05, 0) is 67.8 Å². The molecule has 2 nitrogen and oxygen atoms in total. The first-order chi connectivity index (χ1) is 10.1. The average Bonchev–Trinajstić information content (AvgIpc) is 2.46. The van der Waals surface area contributed by atoms with Crippen molar-refractivity contribution in [2.75, 3.05) is 7.11 Å². The van der Waals surface area contributed by atoms with Crippen LogP contribution in [0.5, 0.6) is 5.75 Å². The molecule has 0 amide bonds. The molecular formula is C19H21NO. The van der Waals surface area contributed by atoms with Crippen molar-refractivity contribution < 1.29 is 4.74 Å². The van der Waals surface area contributed by atoms with Crippen molar-refractivity contribution in [2.45, 2.75) is 20.8 Å². The molecule has 0 aliphatic rings.